The van der Waals surface area contributed by atoms with E-state index in [1.807, 2.05) is 54.6 Å². The Kier molecular flexibility index (Phi) is 4.68. The Bertz CT molecular complexity index is 713. The molecule has 3 rings (SSSR count). The van der Waals surface area contributed by atoms with E-state index in [0.29, 0.717) is 25.5 Å². The first-order valence-electron chi connectivity index (χ1n) is 7.45. The first-order chi connectivity index (χ1) is 11.3. The van der Waals surface area contributed by atoms with Crippen molar-refractivity contribution in [1.29, 1.82) is 0 Å². The monoisotopic (exact) mass is 310 g/mol. The fraction of sp³-hybridized carbons (Fsp3) is 0.222. The van der Waals surface area contributed by atoms with E-state index < -0.39 is 0 Å². The van der Waals surface area contributed by atoms with Crippen LogP contribution in [0.15, 0.2) is 59.8 Å². The molecular formula is C18H18N2O3. The summed E-state index contributed by atoms with van der Waals surface area (Å²) in [5.41, 5.74) is 3.06. The lowest BCUT2D eigenvalue weighted by Gasteiger charge is -2.16. The van der Waals surface area contributed by atoms with Gasteiger partial charge in [0.25, 0.3) is 5.91 Å². The maximum Gasteiger partial charge on any atom is 0.281 e. The van der Waals surface area contributed by atoms with Gasteiger partial charge in [-0.1, -0.05) is 53.7 Å². The minimum absolute atomic E-state index is 0.146. The fourth-order valence-electron chi connectivity index (χ4n) is 2.50. The molecule has 2 aromatic rings. The van der Waals surface area contributed by atoms with E-state index in [2.05, 4.69) is 5.16 Å². The number of para-hydroxylation sites is 1. The molecule has 2 aromatic carbocycles. The number of rotatable bonds is 6. The van der Waals surface area contributed by atoms with Gasteiger partial charge >= 0.3 is 0 Å². The van der Waals surface area contributed by atoms with E-state index in [9.17, 15) is 4.79 Å². The third-order valence-electron chi connectivity index (χ3n) is 3.62. The highest BCUT2D eigenvalue weighted by Gasteiger charge is 2.34. The third-order valence-corrected chi connectivity index (χ3v) is 3.62. The van der Waals surface area contributed by atoms with Crippen molar-refractivity contribution in [3.63, 3.8) is 0 Å². The molecule has 0 fully saturated rings. The molecule has 5 nitrogen and oxygen atoms in total. The van der Waals surface area contributed by atoms with E-state index in [0.717, 1.165) is 16.8 Å². The Morgan fingerprint density at radius 3 is 2.52 bits per heavy atom. The smallest absolute Gasteiger partial charge is 0.281 e. The standard InChI is InChI=1S/C18H18N2O3/c1-22-11-12-23-19-17-15-9-5-6-10-16(15)20(18(17)21)13-14-7-3-2-4-8-14/h2-10H,11-13H2,1H3. The van der Waals surface area contributed by atoms with Gasteiger partial charge < -0.3 is 14.5 Å². The Balaban J connectivity index is 1.86. The molecule has 0 bridgehead atoms. The quantitative estimate of drug-likeness (QED) is 0.609. The van der Waals surface area contributed by atoms with Crippen molar-refractivity contribution in [2.75, 3.05) is 25.2 Å². The van der Waals surface area contributed by atoms with Gasteiger partial charge in [-0.25, -0.2) is 0 Å². The second-order valence-electron chi connectivity index (χ2n) is 5.16. The number of hydrogen-bond donors (Lipinski definition) is 0. The van der Waals surface area contributed by atoms with Gasteiger partial charge in [-0.15, -0.1) is 0 Å². The van der Waals surface area contributed by atoms with Crippen molar-refractivity contribution in [2.24, 2.45) is 5.16 Å². The number of amides is 1. The molecule has 0 N–H and O–H groups in total. The van der Waals surface area contributed by atoms with E-state index in [1.165, 1.54) is 0 Å². The second kappa shape index (κ2) is 7.07. The largest absolute Gasteiger partial charge is 0.393 e. The minimum atomic E-state index is -0.146. The number of ether oxygens (including phenoxy) is 1. The summed E-state index contributed by atoms with van der Waals surface area (Å²) < 4.78 is 4.91. The number of carbonyl (C=O) groups is 1. The van der Waals surface area contributed by atoms with Crippen LogP contribution in [0.5, 0.6) is 0 Å². The van der Waals surface area contributed by atoms with E-state index in [1.54, 1.807) is 12.0 Å². The third kappa shape index (κ3) is 3.24. The molecule has 0 spiro atoms. The van der Waals surface area contributed by atoms with Gasteiger partial charge in [-0.3, -0.25) is 4.79 Å². The SMILES string of the molecule is COCCON=C1C(=O)N(Cc2ccccc2)c2ccccc21. The average Bonchev–Trinajstić information content (AvgIpc) is 2.85. The van der Waals surface area contributed by atoms with Crippen molar-refractivity contribution in [1.82, 2.24) is 0 Å². The Morgan fingerprint density at radius 2 is 1.74 bits per heavy atom. The predicted molar refractivity (Wildman–Crippen MR) is 88.4 cm³/mol. The zero-order chi connectivity index (χ0) is 16.1. The Hall–Kier alpha value is -2.66. The average molecular weight is 310 g/mol. The molecule has 118 valence electrons. The zero-order valence-electron chi connectivity index (χ0n) is 12.9. The van der Waals surface area contributed by atoms with Crippen molar-refractivity contribution >= 4 is 17.3 Å². The first kappa shape index (κ1) is 15.2. The highest BCUT2D eigenvalue weighted by molar-refractivity contribution is 6.54. The number of benzene rings is 2. The Labute approximate surface area is 135 Å². The molecule has 1 aliphatic heterocycles. The molecular weight excluding hydrogens is 292 g/mol. The lowest BCUT2D eigenvalue weighted by molar-refractivity contribution is -0.112. The van der Waals surface area contributed by atoms with Crippen LogP contribution in [0, 0.1) is 0 Å². The summed E-state index contributed by atoms with van der Waals surface area (Å²) in [4.78, 5) is 19.6. The predicted octanol–water partition coefficient (Wildman–Crippen LogP) is 2.60. The molecule has 23 heavy (non-hydrogen) atoms. The Morgan fingerprint density at radius 1 is 1.00 bits per heavy atom. The number of nitrogens with zero attached hydrogens (tertiary/aromatic N) is 2. The van der Waals surface area contributed by atoms with Crippen LogP contribution in [-0.2, 0) is 20.9 Å². The molecule has 0 aliphatic carbocycles. The molecule has 0 unspecified atom stereocenters. The van der Waals surface area contributed by atoms with Crippen LogP contribution >= 0.6 is 0 Å². The van der Waals surface area contributed by atoms with Crippen LogP contribution in [0.3, 0.4) is 0 Å². The number of methoxy groups -OCH3 is 1. The number of carbonyl (C=O) groups excluding carboxylic acids is 1. The summed E-state index contributed by atoms with van der Waals surface area (Å²) in [6.07, 6.45) is 0. The summed E-state index contributed by atoms with van der Waals surface area (Å²) in [6.45, 7) is 1.25. The number of anilines is 1. The van der Waals surface area contributed by atoms with Crippen LogP contribution < -0.4 is 4.90 Å². The molecule has 0 radical (unpaired) electrons. The number of fused-ring (bicyclic) bond motifs is 1. The van der Waals surface area contributed by atoms with Gasteiger partial charge in [0.05, 0.1) is 18.8 Å². The van der Waals surface area contributed by atoms with Gasteiger partial charge in [-0.2, -0.15) is 0 Å². The number of oxime groups is 1. The molecule has 0 atom stereocenters. The van der Waals surface area contributed by atoms with Gasteiger partial charge in [0, 0.05) is 12.7 Å². The van der Waals surface area contributed by atoms with E-state index in [-0.39, 0.29) is 5.91 Å². The molecule has 0 aromatic heterocycles. The summed E-state index contributed by atoms with van der Waals surface area (Å²) >= 11 is 0. The summed E-state index contributed by atoms with van der Waals surface area (Å²) in [7, 11) is 1.59. The van der Waals surface area contributed by atoms with Gasteiger partial charge in [0.2, 0.25) is 0 Å². The summed E-state index contributed by atoms with van der Waals surface area (Å²) in [6, 6.07) is 17.5. The van der Waals surface area contributed by atoms with E-state index in [4.69, 9.17) is 9.57 Å². The van der Waals surface area contributed by atoms with Gasteiger partial charge in [0.15, 0.2) is 5.71 Å². The van der Waals surface area contributed by atoms with Crippen LogP contribution in [0.25, 0.3) is 0 Å². The number of hydrogen-bond acceptors (Lipinski definition) is 4. The molecule has 0 saturated carbocycles. The highest BCUT2D eigenvalue weighted by atomic mass is 16.6. The minimum Gasteiger partial charge on any atom is -0.393 e. The highest BCUT2D eigenvalue weighted by Crippen LogP contribution is 2.30. The normalized spacial score (nSPS) is 15.1. The molecule has 5 heteroatoms. The van der Waals surface area contributed by atoms with Crippen LogP contribution in [0.2, 0.25) is 0 Å². The maximum absolute atomic E-state index is 12.7. The van der Waals surface area contributed by atoms with Crippen LogP contribution in [-0.4, -0.2) is 31.9 Å². The molecule has 1 heterocycles. The molecule has 0 saturated heterocycles. The van der Waals surface area contributed by atoms with Crippen molar-refractivity contribution in [3.8, 4) is 0 Å². The lowest BCUT2D eigenvalue weighted by atomic mass is 10.1. The maximum atomic E-state index is 12.7. The van der Waals surface area contributed by atoms with Crippen LogP contribution in [0.1, 0.15) is 11.1 Å². The summed E-state index contributed by atoms with van der Waals surface area (Å²) in [5.74, 6) is -0.146. The van der Waals surface area contributed by atoms with Crippen molar-refractivity contribution in [2.45, 2.75) is 6.54 Å². The first-order valence-corrected chi connectivity index (χ1v) is 7.45. The van der Waals surface area contributed by atoms with Gasteiger partial charge in [-0.05, 0) is 11.6 Å². The second-order valence-corrected chi connectivity index (χ2v) is 5.16. The zero-order valence-corrected chi connectivity index (χ0v) is 12.9. The van der Waals surface area contributed by atoms with Crippen LogP contribution in [0.4, 0.5) is 5.69 Å². The van der Waals surface area contributed by atoms with Crippen molar-refractivity contribution < 1.29 is 14.4 Å². The fourth-order valence-corrected chi connectivity index (χ4v) is 2.50. The lowest BCUT2D eigenvalue weighted by Crippen LogP contribution is -2.29. The van der Waals surface area contributed by atoms with Crippen molar-refractivity contribution in [3.05, 3.63) is 65.7 Å². The topological polar surface area (TPSA) is 51.1 Å². The summed E-state index contributed by atoms with van der Waals surface area (Å²) in [5, 5.41) is 4.02. The van der Waals surface area contributed by atoms with E-state index >= 15 is 0 Å². The molecule has 1 amide bonds. The molecule has 1 aliphatic rings. The van der Waals surface area contributed by atoms with Gasteiger partial charge in [0.1, 0.15) is 6.61 Å².